The lowest BCUT2D eigenvalue weighted by molar-refractivity contribution is -0.192. The monoisotopic (exact) mass is 1040 g/mol. The van der Waals surface area contributed by atoms with Crippen molar-refractivity contribution in [1.82, 2.24) is 45.2 Å². The minimum absolute atomic E-state index is 0. The topological polar surface area (TPSA) is 217 Å². The van der Waals surface area contributed by atoms with Crippen molar-refractivity contribution >= 4 is 46.8 Å². The zero-order valence-corrected chi connectivity index (χ0v) is 41.0. The lowest BCUT2D eigenvalue weighted by Crippen LogP contribution is -2.42. The summed E-state index contributed by atoms with van der Waals surface area (Å²) in [5, 5.41) is 12.9. The quantitative estimate of drug-likeness (QED) is 0.128. The molecule has 0 aliphatic carbocycles. The molecule has 0 unspecified atom stereocenters. The number of carboxylic acid groups (broad SMARTS) is 1. The maximum atomic E-state index is 12.8. The highest BCUT2D eigenvalue weighted by Crippen LogP contribution is 2.20. The number of ether oxygens (including phenoxy) is 2. The van der Waals surface area contributed by atoms with Gasteiger partial charge in [0, 0.05) is 77.5 Å². The van der Waals surface area contributed by atoms with Gasteiger partial charge >= 0.3 is 24.3 Å². The van der Waals surface area contributed by atoms with Gasteiger partial charge in [-0.2, -0.15) is 26.3 Å². The van der Waals surface area contributed by atoms with Gasteiger partial charge in [0.2, 0.25) is 17.8 Å². The van der Waals surface area contributed by atoms with E-state index in [9.17, 15) is 50.3 Å². The van der Waals surface area contributed by atoms with Crippen LogP contribution < -0.4 is 10.6 Å². The van der Waals surface area contributed by atoms with Gasteiger partial charge in [-0.25, -0.2) is 29.3 Å². The molecular weight excluding hydrogens is 972 g/mol. The van der Waals surface area contributed by atoms with E-state index in [-0.39, 0.29) is 43.0 Å². The Morgan fingerprint density at radius 1 is 0.690 bits per heavy atom. The Morgan fingerprint density at radius 2 is 1.08 bits per heavy atom. The summed E-state index contributed by atoms with van der Waals surface area (Å²) in [6, 6.07) is 8.15. The van der Waals surface area contributed by atoms with E-state index in [1.807, 2.05) is 48.6 Å². The number of halogens is 7. The first kappa shape index (κ1) is 62.9. The van der Waals surface area contributed by atoms with Gasteiger partial charge in [0.05, 0.1) is 22.7 Å². The van der Waals surface area contributed by atoms with Gasteiger partial charge in [-0.05, 0) is 122 Å². The van der Waals surface area contributed by atoms with Crippen LogP contribution in [-0.2, 0) is 14.3 Å². The summed E-state index contributed by atoms with van der Waals surface area (Å²) < 4.78 is 79.9. The molecule has 71 heavy (non-hydrogen) atoms. The Balaban J connectivity index is 0.000000466. The molecule has 3 atom stereocenters. The summed E-state index contributed by atoms with van der Waals surface area (Å²) >= 11 is 5.05. The molecule has 3 saturated heterocycles. The molecule has 3 aliphatic rings. The standard InChI is InChI=1S/C16H22FN3O3.C11H14FN3O.C10H20N2O2.C6H3ClFNO.C2HF3O2.CH4/c1-16(2,3)23-15(22)19(4)12-7-8-20(10-12)14(21)11-5-6-13(17)18-9-11;1-13-9-4-5-15(7-9)11(16)8-2-3-10(12)14-6-8;1-10(2,3)14-9(13)12(4)8-5-6-11-7-8;7-6(10)4-1-2-5(8)9-3-4;3-2(4,5)1(6)7;/h5-6,9,12H,7-8,10H2,1-4H3;2-3,6,9,13H,4-5,7H2,1H3;8,11H,5-7H2,1-4H3;1-3H;(H,6,7);1H4/t12-;9-;8-;;;/m000.../s1. The van der Waals surface area contributed by atoms with Crippen molar-refractivity contribution in [3.05, 3.63) is 89.5 Å². The average molecular weight is 1040 g/mol. The molecule has 3 N–H and O–H groups in total. The first-order chi connectivity index (χ1) is 32.4. The van der Waals surface area contributed by atoms with Crippen LogP contribution in [0, 0.1) is 17.8 Å². The van der Waals surface area contributed by atoms with Crippen molar-refractivity contribution < 1.29 is 69.7 Å². The molecule has 3 aromatic heterocycles. The molecule has 3 aliphatic heterocycles. The van der Waals surface area contributed by atoms with Crippen LogP contribution in [0.2, 0.25) is 0 Å². The van der Waals surface area contributed by atoms with E-state index in [0.717, 1.165) is 50.8 Å². The molecule has 6 rings (SSSR count). The van der Waals surface area contributed by atoms with Crippen LogP contribution in [0.1, 0.15) is 99.3 Å². The highest BCUT2D eigenvalue weighted by atomic mass is 35.5. The number of amides is 4. The second-order valence-corrected chi connectivity index (χ2v) is 18.1. The first-order valence-electron chi connectivity index (χ1n) is 21.6. The molecule has 0 bridgehead atoms. The number of carboxylic acids is 1. The number of hydrogen-bond acceptors (Lipinski definition) is 13. The smallest absolute Gasteiger partial charge is 0.475 e. The molecular formula is C46H64ClF6N9O9. The number of hydrogen-bond donors (Lipinski definition) is 3. The SMILES string of the molecule is C.CN(C(=O)OC(C)(C)C)[C@H]1CCN(C(=O)c2ccc(F)nc2)C1.CN(C(=O)OC(C)(C)C)[C@H]1CCNC1.CN[C@H]1CCN(C(=O)c2ccc(F)nc2)C1.O=C(Cl)c1ccc(F)nc1.O=C(O)C(F)(F)F. The third kappa shape index (κ3) is 23.1. The van der Waals surface area contributed by atoms with Crippen LogP contribution in [0.15, 0.2) is 55.0 Å². The number of carbonyl (C=O) groups excluding carboxylic acids is 5. The molecule has 6 heterocycles. The van der Waals surface area contributed by atoms with Crippen LogP contribution >= 0.6 is 11.6 Å². The third-order valence-corrected chi connectivity index (χ3v) is 10.2. The fraction of sp³-hybridized carbons (Fsp3) is 0.543. The van der Waals surface area contributed by atoms with Gasteiger partial charge < -0.3 is 44.8 Å². The predicted octanol–water partition coefficient (Wildman–Crippen LogP) is 7.04. The fourth-order valence-corrected chi connectivity index (χ4v) is 6.33. The molecule has 4 amide bonds. The number of likely N-dealkylation sites (N-methyl/N-ethyl adjacent to an activating group) is 3. The van der Waals surface area contributed by atoms with Gasteiger partial charge in [0.25, 0.3) is 17.1 Å². The minimum atomic E-state index is -5.08. The van der Waals surface area contributed by atoms with Gasteiger partial charge in [-0.3, -0.25) is 14.4 Å². The van der Waals surface area contributed by atoms with E-state index in [4.69, 9.17) is 31.0 Å². The average Bonchev–Trinajstić information content (AvgIpc) is 4.09. The molecule has 3 aromatic rings. The summed E-state index contributed by atoms with van der Waals surface area (Å²) in [5.74, 6) is -4.85. The van der Waals surface area contributed by atoms with Gasteiger partial charge in [-0.15, -0.1) is 0 Å². The number of nitrogens with zero attached hydrogens (tertiary/aromatic N) is 7. The number of likely N-dealkylation sites (tertiary alicyclic amines) is 2. The predicted molar refractivity (Wildman–Crippen MR) is 250 cm³/mol. The normalized spacial score (nSPS) is 17.2. The molecule has 3 fully saturated rings. The van der Waals surface area contributed by atoms with E-state index in [0.29, 0.717) is 43.2 Å². The third-order valence-electron chi connectivity index (χ3n) is 9.97. The van der Waals surface area contributed by atoms with Crippen LogP contribution in [0.3, 0.4) is 0 Å². The first-order valence-corrected chi connectivity index (χ1v) is 22.0. The summed E-state index contributed by atoms with van der Waals surface area (Å²) in [6.07, 6.45) is 0.520. The van der Waals surface area contributed by atoms with Crippen molar-refractivity contribution in [3.63, 3.8) is 0 Å². The maximum Gasteiger partial charge on any atom is 0.490 e. The van der Waals surface area contributed by atoms with Crippen molar-refractivity contribution in [1.29, 1.82) is 0 Å². The highest BCUT2D eigenvalue weighted by Gasteiger charge is 2.38. The van der Waals surface area contributed by atoms with E-state index in [1.165, 1.54) is 41.6 Å². The molecule has 396 valence electrons. The number of rotatable bonds is 6. The number of aromatic nitrogens is 3. The molecule has 0 spiro atoms. The van der Waals surface area contributed by atoms with Crippen LogP contribution in [0.5, 0.6) is 0 Å². The van der Waals surface area contributed by atoms with Crippen molar-refractivity contribution in [2.24, 2.45) is 0 Å². The molecule has 18 nitrogen and oxygen atoms in total. The number of aliphatic carboxylic acids is 1. The fourth-order valence-electron chi connectivity index (χ4n) is 6.22. The van der Waals surface area contributed by atoms with Gasteiger partial charge in [0.15, 0.2) is 0 Å². The van der Waals surface area contributed by atoms with Gasteiger partial charge in [-0.1, -0.05) is 7.43 Å². The number of alkyl halides is 3. The van der Waals surface area contributed by atoms with E-state index in [2.05, 4.69) is 25.6 Å². The van der Waals surface area contributed by atoms with Gasteiger partial charge in [0.1, 0.15) is 11.2 Å². The second-order valence-electron chi connectivity index (χ2n) is 17.7. The Bertz CT molecular complexity index is 2180. The second kappa shape index (κ2) is 28.6. The molecule has 0 radical (unpaired) electrons. The van der Waals surface area contributed by atoms with Crippen molar-refractivity contribution in [3.8, 4) is 0 Å². The molecule has 25 heteroatoms. The Kier molecular flexibility index (Phi) is 25.4. The number of carbonyl (C=O) groups is 6. The highest BCUT2D eigenvalue weighted by molar-refractivity contribution is 6.67. The van der Waals surface area contributed by atoms with Crippen molar-refractivity contribution in [2.45, 2.75) is 104 Å². The molecule has 0 saturated carbocycles. The Hall–Kier alpha value is -6.14. The van der Waals surface area contributed by atoms with Crippen LogP contribution in [0.25, 0.3) is 0 Å². The molecule has 0 aromatic carbocycles. The van der Waals surface area contributed by atoms with E-state index >= 15 is 0 Å². The van der Waals surface area contributed by atoms with E-state index in [1.54, 1.807) is 28.8 Å². The zero-order valence-electron chi connectivity index (χ0n) is 40.3. The lowest BCUT2D eigenvalue weighted by atomic mass is 10.2. The minimum Gasteiger partial charge on any atom is -0.475 e. The maximum absolute atomic E-state index is 12.8. The Labute approximate surface area is 414 Å². The summed E-state index contributed by atoms with van der Waals surface area (Å²) in [7, 11) is 5.36. The van der Waals surface area contributed by atoms with Crippen molar-refractivity contribution in [2.75, 3.05) is 60.4 Å². The summed E-state index contributed by atoms with van der Waals surface area (Å²) in [4.78, 5) is 84.1. The van der Waals surface area contributed by atoms with Crippen LogP contribution in [0.4, 0.5) is 35.9 Å². The largest absolute Gasteiger partial charge is 0.490 e. The lowest BCUT2D eigenvalue weighted by Gasteiger charge is -2.28. The Morgan fingerprint density at radius 3 is 1.41 bits per heavy atom. The number of pyridine rings is 3. The van der Waals surface area contributed by atoms with E-state index < -0.39 is 52.5 Å². The zero-order chi connectivity index (χ0) is 53.1. The summed E-state index contributed by atoms with van der Waals surface area (Å²) in [6.45, 7) is 15.3. The number of nitrogens with one attached hydrogen (secondary N) is 2. The summed E-state index contributed by atoms with van der Waals surface area (Å²) in [5.41, 5.74) is 0.0181. The van der Waals surface area contributed by atoms with Crippen LogP contribution in [-0.4, -0.2) is 171 Å².